The molecule has 2 heterocycles. The van der Waals surface area contributed by atoms with E-state index in [9.17, 15) is 0 Å². The van der Waals surface area contributed by atoms with Crippen molar-refractivity contribution in [1.82, 2.24) is 15.0 Å². The van der Waals surface area contributed by atoms with Gasteiger partial charge in [0, 0.05) is 42.2 Å². The van der Waals surface area contributed by atoms with Crippen LogP contribution in [0.15, 0.2) is 212 Å². The molecule has 63 heavy (non-hydrogen) atoms. The minimum Gasteiger partial charge on any atom is -0.208 e. The predicted molar refractivity (Wildman–Crippen MR) is 267 cm³/mol. The Kier molecular flexibility index (Phi) is 8.08. The van der Waals surface area contributed by atoms with Crippen LogP contribution in [-0.2, 0) is 0 Å². The van der Waals surface area contributed by atoms with Crippen LogP contribution in [0.25, 0.3) is 130 Å². The Labute approximate surface area is 367 Å². The van der Waals surface area contributed by atoms with Crippen LogP contribution in [0.2, 0.25) is 0 Å². The summed E-state index contributed by atoms with van der Waals surface area (Å²) < 4.78 is 2.44. The normalized spacial score (nSPS) is 11.8. The summed E-state index contributed by atoms with van der Waals surface area (Å²) >= 11 is 1.85. The monoisotopic (exact) mass is 817 g/mol. The number of nitrogens with zero attached hydrogens (tertiary/aromatic N) is 3. The van der Waals surface area contributed by atoms with Gasteiger partial charge in [-0.25, -0.2) is 15.0 Å². The van der Waals surface area contributed by atoms with Gasteiger partial charge in [-0.15, -0.1) is 11.3 Å². The molecular weight excluding hydrogens is 783 g/mol. The van der Waals surface area contributed by atoms with Crippen molar-refractivity contribution in [3.63, 3.8) is 0 Å². The quantitative estimate of drug-likeness (QED) is 0.162. The molecule has 0 aliphatic carbocycles. The van der Waals surface area contributed by atoms with Crippen molar-refractivity contribution in [3.05, 3.63) is 212 Å². The van der Waals surface area contributed by atoms with E-state index in [0.29, 0.717) is 17.5 Å². The number of rotatable bonds is 5. The maximum Gasteiger partial charge on any atom is 0.165 e. The van der Waals surface area contributed by atoms with Crippen LogP contribution in [0.1, 0.15) is 0 Å². The summed E-state index contributed by atoms with van der Waals surface area (Å²) in [6.07, 6.45) is 0. The number of thiophene rings is 1. The lowest BCUT2D eigenvalue weighted by Crippen LogP contribution is -2.02. The lowest BCUT2D eigenvalue weighted by molar-refractivity contribution is 1.08. The number of aromatic nitrogens is 3. The largest absolute Gasteiger partial charge is 0.208 e. The molecule has 3 nitrogen and oxygen atoms in total. The van der Waals surface area contributed by atoms with Gasteiger partial charge in [0.25, 0.3) is 0 Å². The SMILES string of the molecule is c1ccc(-c2cc(-c3ccccc3)cc(-c3nc(-c4cccc5ccccc45)nc(-c4c5c(cc6c7ccccc7c7ccccc7c46)sc4cc6ccccc6cc45)n3)c2)cc1. The van der Waals surface area contributed by atoms with Gasteiger partial charge < -0.3 is 0 Å². The Morgan fingerprint density at radius 3 is 1.48 bits per heavy atom. The van der Waals surface area contributed by atoms with Crippen LogP contribution >= 0.6 is 11.3 Å². The molecular formula is C59H35N3S. The third-order valence-corrected chi connectivity index (χ3v) is 13.7. The molecule has 0 saturated heterocycles. The fraction of sp³-hybridized carbons (Fsp3) is 0. The van der Waals surface area contributed by atoms with Gasteiger partial charge in [-0.1, -0.05) is 176 Å². The maximum atomic E-state index is 5.67. The minimum atomic E-state index is 0.623. The van der Waals surface area contributed by atoms with E-state index in [1.807, 2.05) is 11.3 Å². The molecule has 11 aromatic carbocycles. The van der Waals surface area contributed by atoms with Gasteiger partial charge in [0.05, 0.1) is 0 Å². The molecule has 0 amide bonds. The Morgan fingerprint density at radius 2 is 0.778 bits per heavy atom. The van der Waals surface area contributed by atoms with Gasteiger partial charge >= 0.3 is 0 Å². The molecule has 0 aliphatic rings. The van der Waals surface area contributed by atoms with E-state index >= 15 is 0 Å². The summed E-state index contributed by atoms with van der Waals surface area (Å²) in [6.45, 7) is 0. The minimum absolute atomic E-state index is 0.623. The summed E-state index contributed by atoms with van der Waals surface area (Å²) in [6, 6.07) is 76.3. The average molecular weight is 818 g/mol. The molecule has 13 rings (SSSR count). The van der Waals surface area contributed by atoms with Crippen LogP contribution in [0.3, 0.4) is 0 Å². The Balaban J connectivity index is 1.21. The van der Waals surface area contributed by atoms with Crippen molar-refractivity contribution >= 4 is 85.4 Å². The third kappa shape index (κ3) is 5.84. The van der Waals surface area contributed by atoms with Crippen molar-refractivity contribution in [2.75, 3.05) is 0 Å². The number of benzene rings is 11. The average Bonchev–Trinajstić information content (AvgIpc) is 3.71. The zero-order valence-electron chi connectivity index (χ0n) is 34.0. The van der Waals surface area contributed by atoms with Crippen LogP contribution in [0.5, 0.6) is 0 Å². The molecule has 292 valence electrons. The van der Waals surface area contributed by atoms with Crippen molar-refractivity contribution in [3.8, 4) is 56.4 Å². The maximum absolute atomic E-state index is 5.67. The second kappa shape index (κ2) is 14.3. The van der Waals surface area contributed by atoms with Crippen molar-refractivity contribution in [2.24, 2.45) is 0 Å². The van der Waals surface area contributed by atoms with Gasteiger partial charge in [-0.05, 0) is 107 Å². The Bertz CT molecular complexity index is 3900. The molecule has 4 heteroatoms. The zero-order chi connectivity index (χ0) is 41.4. The summed E-state index contributed by atoms with van der Waals surface area (Å²) in [5.74, 6) is 1.91. The van der Waals surface area contributed by atoms with Gasteiger partial charge in [0.15, 0.2) is 17.5 Å². The van der Waals surface area contributed by atoms with E-state index in [0.717, 1.165) is 60.5 Å². The first-order valence-corrected chi connectivity index (χ1v) is 22.2. The molecule has 0 bridgehead atoms. The summed E-state index contributed by atoms with van der Waals surface area (Å²) in [4.78, 5) is 16.8. The lowest BCUT2D eigenvalue weighted by atomic mass is 9.89. The highest BCUT2D eigenvalue weighted by atomic mass is 32.1. The number of hydrogen-bond acceptors (Lipinski definition) is 4. The molecule has 0 radical (unpaired) electrons. The molecule has 0 N–H and O–H groups in total. The fourth-order valence-corrected chi connectivity index (χ4v) is 10.9. The van der Waals surface area contributed by atoms with E-state index in [2.05, 4.69) is 212 Å². The topological polar surface area (TPSA) is 38.7 Å². The van der Waals surface area contributed by atoms with E-state index in [4.69, 9.17) is 15.0 Å². The van der Waals surface area contributed by atoms with Crippen LogP contribution < -0.4 is 0 Å². The predicted octanol–water partition coefficient (Wildman–Crippen LogP) is 16.3. The highest BCUT2D eigenvalue weighted by Crippen LogP contribution is 2.49. The standard InChI is InChI=1S/C59H35N3S/c1-3-16-36(17-4-1)41-30-42(37-18-5-2-6-19-37)32-43(31-41)57-60-58(49-29-15-23-38-20-9-10-24-44(38)49)62-59(61-57)56-54-48-28-14-13-26-46(48)45-25-11-12-27-47(45)50(54)35-53-55(56)51-33-39-21-7-8-22-40(39)34-52(51)63-53/h1-35H. The molecule has 0 unspecified atom stereocenters. The number of fused-ring (bicyclic) bond motifs is 11. The zero-order valence-corrected chi connectivity index (χ0v) is 34.8. The van der Waals surface area contributed by atoms with E-state index < -0.39 is 0 Å². The Hall–Kier alpha value is -8.05. The van der Waals surface area contributed by atoms with Crippen LogP contribution in [0.4, 0.5) is 0 Å². The van der Waals surface area contributed by atoms with Crippen LogP contribution in [-0.4, -0.2) is 15.0 Å². The summed E-state index contributed by atoms with van der Waals surface area (Å²) in [7, 11) is 0. The molecule has 2 aromatic heterocycles. The molecule has 0 saturated carbocycles. The summed E-state index contributed by atoms with van der Waals surface area (Å²) in [5.41, 5.74) is 7.38. The second-order valence-electron chi connectivity index (χ2n) is 16.3. The first kappa shape index (κ1) is 35.7. The third-order valence-electron chi connectivity index (χ3n) is 12.6. The second-order valence-corrected chi connectivity index (χ2v) is 17.4. The van der Waals surface area contributed by atoms with E-state index in [-0.39, 0.29) is 0 Å². The first-order valence-electron chi connectivity index (χ1n) is 21.3. The lowest BCUT2D eigenvalue weighted by Gasteiger charge is -2.17. The van der Waals surface area contributed by atoms with Crippen LogP contribution in [0, 0.1) is 0 Å². The molecule has 0 aliphatic heterocycles. The van der Waals surface area contributed by atoms with E-state index in [1.54, 1.807) is 0 Å². The van der Waals surface area contributed by atoms with Gasteiger partial charge in [-0.3, -0.25) is 0 Å². The molecule has 13 aromatic rings. The highest BCUT2D eigenvalue weighted by Gasteiger charge is 2.24. The van der Waals surface area contributed by atoms with Gasteiger partial charge in [0.1, 0.15) is 0 Å². The number of hydrogen-bond donors (Lipinski definition) is 0. The summed E-state index contributed by atoms with van der Waals surface area (Å²) in [5, 5.41) is 14.2. The van der Waals surface area contributed by atoms with Crippen molar-refractivity contribution in [2.45, 2.75) is 0 Å². The highest BCUT2D eigenvalue weighted by molar-refractivity contribution is 7.26. The van der Waals surface area contributed by atoms with Crippen molar-refractivity contribution < 1.29 is 0 Å². The molecule has 0 spiro atoms. The molecule has 0 fully saturated rings. The Morgan fingerprint density at radius 1 is 0.270 bits per heavy atom. The van der Waals surface area contributed by atoms with Crippen molar-refractivity contribution in [1.29, 1.82) is 0 Å². The molecule has 0 atom stereocenters. The van der Waals surface area contributed by atoms with Gasteiger partial charge in [-0.2, -0.15) is 0 Å². The first-order chi connectivity index (χ1) is 31.2. The van der Waals surface area contributed by atoms with Gasteiger partial charge in [0.2, 0.25) is 0 Å². The fourth-order valence-electron chi connectivity index (χ4n) is 9.74. The smallest absolute Gasteiger partial charge is 0.165 e. The van der Waals surface area contributed by atoms with E-state index in [1.165, 1.54) is 52.5 Å².